The summed E-state index contributed by atoms with van der Waals surface area (Å²) in [5.41, 5.74) is 1.22. The van der Waals surface area contributed by atoms with Crippen LogP contribution in [0.15, 0.2) is 83.7 Å². The molecule has 31 heavy (non-hydrogen) atoms. The third kappa shape index (κ3) is 4.41. The maximum absolute atomic E-state index is 6.01. The number of likely N-dealkylation sites (tertiary alicyclic amines) is 1. The summed E-state index contributed by atoms with van der Waals surface area (Å²) in [6, 6.07) is 26.3. The minimum Gasteiger partial charge on any atom is -0.349 e. The summed E-state index contributed by atoms with van der Waals surface area (Å²) < 4.78 is 7.69. The van der Waals surface area contributed by atoms with Crippen LogP contribution in [-0.2, 0) is 7.05 Å². The van der Waals surface area contributed by atoms with Crippen molar-refractivity contribution in [3.05, 3.63) is 79.0 Å². The topological polar surface area (TPSA) is 23.8 Å². The number of thiocarbonyl (C=S) groups is 1. The number of rotatable bonds is 4. The van der Waals surface area contributed by atoms with Crippen molar-refractivity contribution in [2.75, 3.05) is 27.2 Å². The van der Waals surface area contributed by atoms with Crippen LogP contribution in [0.5, 0.6) is 0 Å². The van der Waals surface area contributed by atoms with Gasteiger partial charge < -0.3 is 14.4 Å². The van der Waals surface area contributed by atoms with Crippen molar-refractivity contribution in [2.24, 2.45) is 11.8 Å². The lowest BCUT2D eigenvalue weighted by atomic mass is 10.0. The molecule has 0 amide bonds. The highest BCUT2D eigenvalue weighted by Gasteiger charge is 2.31. The van der Waals surface area contributed by atoms with E-state index in [1.54, 1.807) is 0 Å². The molecule has 1 aliphatic heterocycles. The molecule has 0 N–H and O–H groups in total. The van der Waals surface area contributed by atoms with Crippen LogP contribution in [0, 0.1) is 0 Å². The van der Waals surface area contributed by atoms with E-state index in [0.717, 1.165) is 31.0 Å². The molecule has 0 aliphatic carbocycles. The van der Waals surface area contributed by atoms with E-state index in [4.69, 9.17) is 17.0 Å². The fourth-order valence-electron chi connectivity index (χ4n) is 4.42. The molecule has 2 aromatic carbocycles. The highest BCUT2D eigenvalue weighted by molar-refractivity contribution is 7.88. The molecule has 1 saturated heterocycles. The number of aromatic nitrogens is 1. The second kappa shape index (κ2) is 9.52. The number of aryl methyl sites for hydroxylation is 1. The Kier molecular flexibility index (Phi) is 6.76. The Hall–Kier alpha value is -2.20. The van der Waals surface area contributed by atoms with Gasteiger partial charge in [-0.05, 0) is 51.3 Å². The highest BCUT2D eigenvalue weighted by Crippen LogP contribution is 2.46. The van der Waals surface area contributed by atoms with Crippen LogP contribution in [0.1, 0.15) is 12.8 Å². The molecule has 0 spiro atoms. The summed E-state index contributed by atoms with van der Waals surface area (Å²) in [6.07, 6.45) is 4.35. The molecule has 1 fully saturated rings. The molecule has 162 valence electrons. The van der Waals surface area contributed by atoms with E-state index in [0.29, 0.717) is 6.04 Å². The first-order chi connectivity index (χ1) is 15.0. The lowest BCUT2D eigenvalue weighted by Gasteiger charge is -2.36. The van der Waals surface area contributed by atoms with Crippen LogP contribution in [0.3, 0.4) is 0 Å². The average molecular weight is 451 g/mol. The van der Waals surface area contributed by atoms with E-state index >= 15 is 0 Å². The van der Waals surface area contributed by atoms with Crippen molar-refractivity contribution in [2.45, 2.75) is 18.9 Å². The Bertz CT molecular complexity index is 1020. The van der Waals surface area contributed by atoms with Gasteiger partial charge in [0.25, 0.3) is 0 Å². The fraction of sp³-hybridized carbons (Fsp3) is 0.320. The minimum atomic E-state index is -2.31. The standard InChI is InChI=1S/C25H31N4PS/c1-27(2)21-16-19-29(20-17-21)25(31)26-30(22-11-6-4-7-12-22,23-13-8-5-9-14-23)24-15-10-18-28(24)3/h4-15,18,21H,16-17,19-20H2,1-3H3. The van der Waals surface area contributed by atoms with Crippen molar-refractivity contribution < 1.29 is 0 Å². The first kappa shape index (κ1) is 22.0. The quantitative estimate of drug-likeness (QED) is 0.446. The molecule has 0 saturated carbocycles. The van der Waals surface area contributed by atoms with Crippen molar-refractivity contribution in [1.82, 2.24) is 14.4 Å². The Morgan fingerprint density at radius 1 is 0.903 bits per heavy atom. The molecule has 4 nitrogen and oxygen atoms in total. The van der Waals surface area contributed by atoms with Crippen LogP contribution in [-0.4, -0.2) is 52.7 Å². The average Bonchev–Trinajstić information content (AvgIpc) is 3.24. The van der Waals surface area contributed by atoms with E-state index in [-0.39, 0.29) is 0 Å². The smallest absolute Gasteiger partial charge is 0.195 e. The zero-order valence-corrected chi connectivity index (χ0v) is 20.3. The predicted molar refractivity (Wildman–Crippen MR) is 137 cm³/mol. The fourth-order valence-corrected chi connectivity index (χ4v) is 8.55. The molecule has 4 rings (SSSR count). The Morgan fingerprint density at radius 3 is 1.90 bits per heavy atom. The molecule has 0 unspecified atom stereocenters. The summed E-state index contributed by atoms with van der Waals surface area (Å²) in [5.74, 6) is 0. The number of benzene rings is 2. The van der Waals surface area contributed by atoms with Gasteiger partial charge >= 0.3 is 0 Å². The SMILES string of the molecule is CN(C)C1CCN(C(=S)N=P(c2ccccc2)(c2ccccc2)c2cccn2C)CC1. The Balaban J connectivity index is 1.87. The minimum absolute atomic E-state index is 0.620. The van der Waals surface area contributed by atoms with Crippen molar-refractivity contribution in [3.8, 4) is 0 Å². The first-order valence-corrected chi connectivity index (χ1v) is 13.0. The molecular formula is C25H31N4PS. The molecule has 0 bridgehead atoms. The molecule has 1 aliphatic rings. The van der Waals surface area contributed by atoms with Crippen molar-refractivity contribution >= 4 is 40.4 Å². The van der Waals surface area contributed by atoms with Gasteiger partial charge in [0.1, 0.15) is 0 Å². The maximum Gasteiger partial charge on any atom is 0.195 e. The van der Waals surface area contributed by atoms with E-state index in [2.05, 4.69) is 115 Å². The molecule has 2 heterocycles. The van der Waals surface area contributed by atoms with Crippen LogP contribution >= 0.6 is 19.3 Å². The Labute approximate surface area is 191 Å². The third-order valence-electron chi connectivity index (χ3n) is 6.21. The van der Waals surface area contributed by atoms with Crippen LogP contribution in [0.4, 0.5) is 0 Å². The normalized spacial score (nSPS) is 15.3. The molecule has 3 aromatic rings. The lowest BCUT2D eigenvalue weighted by Crippen LogP contribution is -2.43. The van der Waals surface area contributed by atoms with Crippen LogP contribution in [0.2, 0.25) is 0 Å². The molecule has 0 atom stereocenters. The second-order valence-corrected chi connectivity index (χ2v) is 11.7. The number of piperidine rings is 1. The van der Waals surface area contributed by atoms with Gasteiger partial charge in [-0.25, -0.2) is 4.74 Å². The Morgan fingerprint density at radius 2 is 1.45 bits per heavy atom. The number of hydrogen-bond donors (Lipinski definition) is 0. The van der Waals surface area contributed by atoms with Crippen molar-refractivity contribution in [1.29, 1.82) is 0 Å². The summed E-state index contributed by atoms with van der Waals surface area (Å²) in [6.45, 7) is 1.92. The van der Waals surface area contributed by atoms with Gasteiger partial charge in [-0.3, -0.25) is 0 Å². The lowest BCUT2D eigenvalue weighted by molar-refractivity contribution is 0.192. The van der Waals surface area contributed by atoms with Gasteiger partial charge in [-0.1, -0.05) is 60.7 Å². The van der Waals surface area contributed by atoms with E-state index in [9.17, 15) is 0 Å². The van der Waals surface area contributed by atoms with Crippen LogP contribution < -0.4 is 16.0 Å². The van der Waals surface area contributed by atoms with E-state index < -0.39 is 7.05 Å². The molecule has 1 aromatic heterocycles. The van der Waals surface area contributed by atoms with Gasteiger partial charge in [-0.15, -0.1) is 0 Å². The highest BCUT2D eigenvalue weighted by atomic mass is 32.1. The molecule has 0 radical (unpaired) electrons. The van der Waals surface area contributed by atoms with Crippen molar-refractivity contribution in [3.63, 3.8) is 0 Å². The van der Waals surface area contributed by atoms with E-state index in [1.807, 2.05) is 0 Å². The van der Waals surface area contributed by atoms with Gasteiger partial charge in [0.05, 0.1) is 12.5 Å². The van der Waals surface area contributed by atoms with E-state index in [1.165, 1.54) is 16.0 Å². The molecule has 6 heteroatoms. The zero-order valence-electron chi connectivity index (χ0n) is 18.6. The maximum atomic E-state index is 6.01. The summed E-state index contributed by atoms with van der Waals surface area (Å²) >= 11 is 6.01. The summed E-state index contributed by atoms with van der Waals surface area (Å²) in [5, 5.41) is 3.20. The second-order valence-electron chi connectivity index (χ2n) is 8.35. The van der Waals surface area contributed by atoms with Gasteiger partial charge in [0, 0.05) is 43.0 Å². The first-order valence-electron chi connectivity index (χ1n) is 10.8. The zero-order chi connectivity index (χ0) is 21.8. The third-order valence-corrected chi connectivity index (χ3v) is 10.4. The number of hydrogen-bond acceptors (Lipinski definition) is 2. The van der Waals surface area contributed by atoms with Gasteiger partial charge in [0.2, 0.25) is 0 Å². The number of nitrogens with zero attached hydrogens (tertiary/aromatic N) is 4. The largest absolute Gasteiger partial charge is 0.349 e. The predicted octanol–water partition coefficient (Wildman–Crippen LogP) is 3.81. The van der Waals surface area contributed by atoms with Gasteiger partial charge in [0.15, 0.2) is 5.11 Å². The summed E-state index contributed by atoms with van der Waals surface area (Å²) in [4.78, 5) is 4.63. The molecular weight excluding hydrogens is 419 g/mol. The van der Waals surface area contributed by atoms with Crippen LogP contribution in [0.25, 0.3) is 0 Å². The summed E-state index contributed by atoms with van der Waals surface area (Å²) in [7, 11) is 4.14. The van der Waals surface area contributed by atoms with Gasteiger partial charge in [-0.2, -0.15) is 0 Å². The monoisotopic (exact) mass is 450 g/mol.